The monoisotopic (exact) mass is 272 g/mol. The van der Waals surface area contributed by atoms with Crippen LogP contribution in [-0.2, 0) is 6.42 Å². The third kappa shape index (κ3) is 3.44. The molecule has 0 spiro atoms. The lowest BCUT2D eigenvalue weighted by Crippen LogP contribution is -2.07. The third-order valence-electron chi connectivity index (χ3n) is 2.95. The minimum Gasteiger partial charge on any atom is -0.399 e. The number of nitrogens with two attached hydrogens (primary N) is 1. The van der Waals surface area contributed by atoms with Crippen LogP contribution in [0, 0.1) is 17.0 Å². The number of nitrogens with one attached hydrogen (secondary N) is 1. The number of benzene rings is 1. The molecule has 3 N–H and O–H groups in total. The number of pyridine rings is 1. The van der Waals surface area contributed by atoms with E-state index < -0.39 is 4.92 Å². The largest absolute Gasteiger partial charge is 0.399 e. The van der Waals surface area contributed by atoms with Crippen molar-refractivity contribution in [2.45, 2.75) is 13.3 Å². The van der Waals surface area contributed by atoms with Crippen LogP contribution in [0.25, 0.3) is 0 Å². The first kappa shape index (κ1) is 13.8. The molecule has 0 fully saturated rings. The molecule has 0 saturated heterocycles. The van der Waals surface area contributed by atoms with Crippen molar-refractivity contribution in [1.29, 1.82) is 0 Å². The van der Waals surface area contributed by atoms with Crippen molar-refractivity contribution in [2.24, 2.45) is 0 Å². The van der Waals surface area contributed by atoms with Crippen molar-refractivity contribution < 1.29 is 4.92 Å². The van der Waals surface area contributed by atoms with Crippen LogP contribution in [-0.4, -0.2) is 16.5 Å². The molecular weight excluding hydrogens is 256 g/mol. The molecule has 1 aromatic heterocycles. The normalized spacial score (nSPS) is 10.2. The highest BCUT2D eigenvalue weighted by atomic mass is 16.6. The van der Waals surface area contributed by atoms with Crippen LogP contribution < -0.4 is 11.1 Å². The molecule has 1 heterocycles. The van der Waals surface area contributed by atoms with Crippen LogP contribution in [0.2, 0.25) is 0 Å². The lowest BCUT2D eigenvalue weighted by molar-refractivity contribution is -0.385. The summed E-state index contributed by atoms with van der Waals surface area (Å²) in [5, 5.41) is 13.8. The van der Waals surface area contributed by atoms with E-state index in [1.165, 1.54) is 11.6 Å². The molecule has 2 rings (SSSR count). The first-order valence-corrected chi connectivity index (χ1v) is 6.26. The molecule has 0 aliphatic carbocycles. The highest BCUT2D eigenvalue weighted by Crippen LogP contribution is 2.17. The van der Waals surface area contributed by atoms with Crippen molar-refractivity contribution in [2.75, 3.05) is 17.6 Å². The van der Waals surface area contributed by atoms with Gasteiger partial charge in [-0.3, -0.25) is 10.1 Å². The van der Waals surface area contributed by atoms with Gasteiger partial charge in [0.25, 0.3) is 5.69 Å². The third-order valence-corrected chi connectivity index (χ3v) is 2.95. The number of nitrogens with zero attached hydrogens (tertiary/aromatic N) is 2. The minimum atomic E-state index is -0.430. The minimum absolute atomic E-state index is 0.0362. The number of aryl methyl sites for hydroxylation is 1. The smallest absolute Gasteiger partial charge is 0.290 e. The van der Waals surface area contributed by atoms with Crippen LogP contribution in [0.1, 0.15) is 11.3 Å². The zero-order valence-corrected chi connectivity index (χ0v) is 11.2. The van der Waals surface area contributed by atoms with Gasteiger partial charge in [0, 0.05) is 18.3 Å². The summed E-state index contributed by atoms with van der Waals surface area (Å²) >= 11 is 0. The molecule has 0 bridgehead atoms. The highest BCUT2D eigenvalue weighted by molar-refractivity contribution is 5.45. The first-order valence-electron chi connectivity index (χ1n) is 6.26. The molecule has 0 atom stereocenters. The predicted octanol–water partition coefficient (Wildman–Crippen LogP) is 2.54. The molecular formula is C14H16N4O2. The molecule has 0 aliphatic rings. The fourth-order valence-corrected chi connectivity index (χ4v) is 1.86. The number of nitro groups is 1. The second-order valence-corrected chi connectivity index (χ2v) is 4.48. The summed E-state index contributed by atoms with van der Waals surface area (Å²) < 4.78 is 0. The Morgan fingerprint density at radius 2 is 1.95 bits per heavy atom. The van der Waals surface area contributed by atoms with Gasteiger partial charge in [-0.1, -0.05) is 12.1 Å². The van der Waals surface area contributed by atoms with Crippen LogP contribution in [0.5, 0.6) is 0 Å². The Labute approximate surface area is 116 Å². The van der Waals surface area contributed by atoms with E-state index in [0.29, 0.717) is 18.1 Å². The predicted molar refractivity (Wildman–Crippen MR) is 78.7 cm³/mol. The fraction of sp³-hybridized carbons (Fsp3) is 0.214. The Kier molecular flexibility index (Phi) is 4.14. The molecule has 20 heavy (non-hydrogen) atoms. The number of hydrogen-bond acceptors (Lipinski definition) is 5. The second kappa shape index (κ2) is 6.01. The van der Waals surface area contributed by atoms with Gasteiger partial charge in [-0.05, 0) is 37.1 Å². The summed E-state index contributed by atoms with van der Waals surface area (Å²) in [6.45, 7) is 2.33. The first-order chi connectivity index (χ1) is 9.56. The van der Waals surface area contributed by atoms with E-state index in [-0.39, 0.29) is 5.69 Å². The van der Waals surface area contributed by atoms with Crippen LogP contribution in [0.3, 0.4) is 0 Å². The van der Waals surface area contributed by atoms with Gasteiger partial charge in [0.2, 0.25) is 0 Å². The number of rotatable bonds is 5. The SMILES string of the molecule is Cc1nc(NCCc2ccc(N)cc2)ccc1[N+](=O)[O-]. The Morgan fingerprint density at radius 1 is 1.25 bits per heavy atom. The molecule has 0 unspecified atom stereocenters. The lowest BCUT2D eigenvalue weighted by atomic mass is 10.1. The van der Waals surface area contributed by atoms with Crippen LogP contribution >= 0.6 is 0 Å². The van der Waals surface area contributed by atoms with Gasteiger partial charge in [-0.2, -0.15) is 0 Å². The van der Waals surface area contributed by atoms with Gasteiger partial charge in [0.15, 0.2) is 0 Å². The molecule has 1 aromatic carbocycles. The summed E-state index contributed by atoms with van der Waals surface area (Å²) in [5.41, 5.74) is 7.98. The maximum absolute atomic E-state index is 10.7. The summed E-state index contributed by atoms with van der Waals surface area (Å²) in [6.07, 6.45) is 0.831. The molecule has 6 nitrogen and oxygen atoms in total. The zero-order valence-electron chi connectivity index (χ0n) is 11.2. The lowest BCUT2D eigenvalue weighted by Gasteiger charge is -2.07. The van der Waals surface area contributed by atoms with Crippen molar-refractivity contribution in [3.8, 4) is 0 Å². The standard InChI is InChI=1S/C14H16N4O2/c1-10-13(18(19)20)6-7-14(17-10)16-9-8-11-2-4-12(15)5-3-11/h2-7H,8-9,15H2,1H3,(H,16,17). The summed E-state index contributed by atoms with van der Waals surface area (Å²) in [4.78, 5) is 14.4. The van der Waals surface area contributed by atoms with Gasteiger partial charge in [0.05, 0.1) is 4.92 Å². The zero-order chi connectivity index (χ0) is 14.5. The van der Waals surface area contributed by atoms with Crippen LogP contribution in [0.15, 0.2) is 36.4 Å². The molecule has 6 heteroatoms. The van der Waals surface area contributed by atoms with E-state index in [1.54, 1.807) is 13.0 Å². The van der Waals surface area contributed by atoms with E-state index in [1.807, 2.05) is 24.3 Å². The number of nitrogen functional groups attached to an aromatic ring is 1. The van der Waals surface area contributed by atoms with E-state index in [2.05, 4.69) is 10.3 Å². The maximum atomic E-state index is 10.7. The topological polar surface area (TPSA) is 94.1 Å². The van der Waals surface area contributed by atoms with Gasteiger partial charge in [-0.15, -0.1) is 0 Å². The van der Waals surface area contributed by atoms with Gasteiger partial charge in [-0.25, -0.2) is 4.98 Å². The Bertz CT molecular complexity index is 611. The quantitative estimate of drug-likeness (QED) is 0.495. The van der Waals surface area contributed by atoms with Gasteiger partial charge < -0.3 is 11.1 Å². The maximum Gasteiger partial charge on any atom is 0.290 e. The highest BCUT2D eigenvalue weighted by Gasteiger charge is 2.11. The molecule has 0 radical (unpaired) electrons. The van der Waals surface area contributed by atoms with Crippen molar-refractivity contribution >= 4 is 17.2 Å². The Balaban J connectivity index is 1.92. The molecule has 0 saturated carbocycles. The Morgan fingerprint density at radius 3 is 2.55 bits per heavy atom. The average molecular weight is 272 g/mol. The summed E-state index contributed by atoms with van der Waals surface area (Å²) in [6, 6.07) is 10.8. The average Bonchev–Trinajstić information content (AvgIpc) is 2.41. The molecule has 2 aromatic rings. The van der Waals surface area contributed by atoms with E-state index >= 15 is 0 Å². The molecule has 104 valence electrons. The summed E-state index contributed by atoms with van der Waals surface area (Å²) in [5.74, 6) is 0.642. The van der Waals surface area contributed by atoms with E-state index in [0.717, 1.165) is 12.1 Å². The Hall–Kier alpha value is -2.63. The molecule has 0 aliphatic heterocycles. The van der Waals surface area contributed by atoms with Crippen molar-refractivity contribution in [1.82, 2.24) is 4.98 Å². The van der Waals surface area contributed by atoms with Gasteiger partial charge in [0.1, 0.15) is 11.5 Å². The van der Waals surface area contributed by atoms with Gasteiger partial charge >= 0.3 is 0 Å². The van der Waals surface area contributed by atoms with E-state index in [9.17, 15) is 10.1 Å². The fourth-order valence-electron chi connectivity index (χ4n) is 1.86. The second-order valence-electron chi connectivity index (χ2n) is 4.48. The van der Waals surface area contributed by atoms with Crippen LogP contribution in [0.4, 0.5) is 17.2 Å². The summed E-state index contributed by atoms with van der Waals surface area (Å²) in [7, 11) is 0. The number of anilines is 2. The van der Waals surface area contributed by atoms with Crippen molar-refractivity contribution in [3.63, 3.8) is 0 Å². The number of hydrogen-bond donors (Lipinski definition) is 2. The van der Waals surface area contributed by atoms with E-state index in [4.69, 9.17) is 5.73 Å². The number of aromatic nitrogens is 1. The van der Waals surface area contributed by atoms with Crippen molar-refractivity contribution in [3.05, 3.63) is 57.8 Å². The molecule has 0 amide bonds.